The number of pyridine rings is 1. The van der Waals surface area contributed by atoms with Crippen molar-refractivity contribution in [3.63, 3.8) is 0 Å². The number of amides is 2. The summed E-state index contributed by atoms with van der Waals surface area (Å²) < 4.78 is 5.49. The molecule has 0 radical (unpaired) electrons. The number of benzene rings is 1. The van der Waals surface area contributed by atoms with Gasteiger partial charge in [0.15, 0.2) is 6.61 Å². The molecule has 2 aromatic rings. The lowest BCUT2D eigenvalue weighted by Gasteiger charge is -2.12. The Morgan fingerprint density at radius 2 is 1.82 bits per heavy atom. The molecule has 1 aromatic carbocycles. The molecule has 0 unspecified atom stereocenters. The van der Waals surface area contributed by atoms with E-state index in [1.807, 2.05) is 32.0 Å². The summed E-state index contributed by atoms with van der Waals surface area (Å²) >= 11 is 0. The van der Waals surface area contributed by atoms with E-state index in [2.05, 4.69) is 15.8 Å². The summed E-state index contributed by atoms with van der Waals surface area (Å²) in [5, 5.41) is 0. The van der Waals surface area contributed by atoms with Crippen LogP contribution in [0.2, 0.25) is 0 Å². The van der Waals surface area contributed by atoms with E-state index in [9.17, 15) is 9.59 Å². The van der Waals surface area contributed by atoms with E-state index >= 15 is 0 Å². The Balaban J connectivity index is 1.83. The summed E-state index contributed by atoms with van der Waals surface area (Å²) in [5.41, 5.74) is 6.87. The summed E-state index contributed by atoms with van der Waals surface area (Å²) in [6, 6.07) is 8.98. The molecule has 2 rings (SSSR count). The fourth-order valence-electron chi connectivity index (χ4n) is 1.90. The highest BCUT2D eigenvalue weighted by Gasteiger charge is 2.09. The standard InChI is InChI=1S/C16H17N3O3/c1-11-5-3-6-12(2)15(11)22-10-14(20)18-19-16(21)13-7-4-8-17-9-13/h3-9H,10H2,1-2H3,(H,18,20)(H,19,21). The number of carbonyl (C=O) groups excluding carboxylic acids is 2. The van der Waals surface area contributed by atoms with E-state index in [1.54, 1.807) is 18.3 Å². The topological polar surface area (TPSA) is 80.3 Å². The molecule has 114 valence electrons. The lowest BCUT2D eigenvalue weighted by molar-refractivity contribution is -0.123. The van der Waals surface area contributed by atoms with E-state index < -0.39 is 11.8 Å². The van der Waals surface area contributed by atoms with E-state index in [1.165, 1.54) is 6.20 Å². The minimum Gasteiger partial charge on any atom is -0.483 e. The summed E-state index contributed by atoms with van der Waals surface area (Å²) in [6.45, 7) is 3.63. The van der Waals surface area contributed by atoms with Gasteiger partial charge in [0, 0.05) is 12.4 Å². The van der Waals surface area contributed by atoms with E-state index in [0.717, 1.165) is 11.1 Å². The minimum atomic E-state index is -0.445. The molecule has 0 saturated carbocycles. The largest absolute Gasteiger partial charge is 0.483 e. The van der Waals surface area contributed by atoms with Gasteiger partial charge in [-0.25, -0.2) is 0 Å². The second kappa shape index (κ2) is 7.21. The predicted octanol–water partition coefficient (Wildman–Crippen LogP) is 1.54. The minimum absolute atomic E-state index is 0.182. The van der Waals surface area contributed by atoms with Gasteiger partial charge in [0.05, 0.1) is 5.56 Å². The van der Waals surface area contributed by atoms with Gasteiger partial charge in [-0.15, -0.1) is 0 Å². The van der Waals surface area contributed by atoms with Crippen LogP contribution in [0, 0.1) is 13.8 Å². The third-order valence-corrected chi connectivity index (χ3v) is 3.00. The molecule has 6 nitrogen and oxygen atoms in total. The Bertz CT molecular complexity index is 651. The highest BCUT2D eigenvalue weighted by Crippen LogP contribution is 2.21. The maximum absolute atomic E-state index is 11.7. The van der Waals surface area contributed by atoms with Crippen molar-refractivity contribution in [1.82, 2.24) is 15.8 Å². The number of hydrogen-bond acceptors (Lipinski definition) is 4. The van der Waals surface area contributed by atoms with E-state index in [4.69, 9.17) is 4.74 Å². The summed E-state index contributed by atoms with van der Waals surface area (Å²) in [6.07, 6.45) is 2.97. The number of ether oxygens (including phenoxy) is 1. The summed E-state index contributed by atoms with van der Waals surface area (Å²) in [7, 11) is 0. The molecule has 22 heavy (non-hydrogen) atoms. The van der Waals surface area contributed by atoms with Crippen LogP contribution < -0.4 is 15.6 Å². The molecule has 0 aliphatic carbocycles. The van der Waals surface area contributed by atoms with Gasteiger partial charge in [0.2, 0.25) is 0 Å². The molecular weight excluding hydrogens is 282 g/mol. The molecule has 2 N–H and O–H groups in total. The van der Waals surface area contributed by atoms with Crippen molar-refractivity contribution in [2.24, 2.45) is 0 Å². The molecule has 0 fully saturated rings. The Labute approximate surface area is 128 Å². The van der Waals surface area contributed by atoms with Gasteiger partial charge < -0.3 is 4.74 Å². The highest BCUT2D eigenvalue weighted by molar-refractivity contribution is 5.95. The summed E-state index contributed by atoms with van der Waals surface area (Å²) in [4.78, 5) is 27.3. The molecule has 0 aliphatic heterocycles. The van der Waals surface area contributed by atoms with Crippen LogP contribution in [0.1, 0.15) is 21.5 Å². The Morgan fingerprint density at radius 3 is 2.45 bits per heavy atom. The van der Waals surface area contributed by atoms with E-state index in [0.29, 0.717) is 11.3 Å². The highest BCUT2D eigenvalue weighted by atomic mass is 16.5. The molecule has 1 heterocycles. The van der Waals surface area contributed by atoms with Gasteiger partial charge in [-0.2, -0.15) is 0 Å². The third kappa shape index (κ3) is 4.05. The molecule has 2 amide bonds. The number of nitrogens with zero attached hydrogens (tertiary/aromatic N) is 1. The van der Waals surface area contributed by atoms with Crippen LogP contribution in [0.3, 0.4) is 0 Å². The first-order chi connectivity index (χ1) is 10.6. The van der Waals surface area contributed by atoms with Crippen molar-refractivity contribution in [3.05, 3.63) is 59.4 Å². The normalized spacial score (nSPS) is 9.91. The Kier molecular flexibility index (Phi) is 5.08. The average molecular weight is 299 g/mol. The van der Waals surface area contributed by atoms with Crippen LogP contribution >= 0.6 is 0 Å². The first-order valence-corrected chi connectivity index (χ1v) is 6.76. The van der Waals surface area contributed by atoms with Gasteiger partial charge >= 0.3 is 0 Å². The zero-order valence-corrected chi connectivity index (χ0v) is 12.4. The third-order valence-electron chi connectivity index (χ3n) is 3.00. The molecule has 0 aliphatic rings. The van der Waals surface area contributed by atoms with Crippen LogP contribution in [0.5, 0.6) is 5.75 Å². The molecule has 0 saturated heterocycles. The van der Waals surface area contributed by atoms with Crippen molar-refractivity contribution < 1.29 is 14.3 Å². The van der Waals surface area contributed by atoms with Crippen LogP contribution in [0.15, 0.2) is 42.7 Å². The molecule has 1 aromatic heterocycles. The van der Waals surface area contributed by atoms with Crippen LogP contribution in [-0.4, -0.2) is 23.4 Å². The number of carbonyl (C=O) groups is 2. The molecule has 0 bridgehead atoms. The van der Waals surface area contributed by atoms with Gasteiger partial charge in [0.25, 0.3) is 11.8 Å². The fraction of sp³-hybridized carbons (Fsp3) is 0.188. The summed E-state index contributed by atoms with van der Waals surface area (Å²) in [5.74, 6) is -0.204. The zero-order chi connectivity index (χ0) is 15.9. The van der Waals surface area contributed by atoms with Crippen LogP contribution in [-0.2, 0) is 4.79 Å². The van der Waals surface area contributed by atoms with Gasteiger partial charge in [-0.05, 0) is 37.1 Å². The Morgan fingerprint density at radius 1 is 1.09 bits per heavy atom. The lowest BCUT2D eigenvalue weighted by Crippen LogP contribution is -2.43. The molecule has 6 heteroatoms. The SMILES string of the molecule is Cc1cccc(C)c1OCC(=O)NNC(=O)c1cccnc1. The molecular formula is C16H17N3O3. The van der Waals surface area contributed by atoms with Gasteiger partial charge in [-0.1, -0.05) is 18.2 Å². The van der Waals surface area contributed by atoms with Crippen molar-refractivity contribution >= 4 is 11.8 Å². The Hall–Kier alpha value is -2.89. The second-order valence-corrected chi connectivity index (χ2v) is 4.75. The zero-order valence-electron chi connectivity index (χ0n) is 12.4. The van der Waals surface area contributed by atoms with Crippen molar-refractivity contribution in [2.45, 2.75) is 13.8 Å². The number of aromatic nitrogens is 1. The second-order valence-electron chi connectivity index (χ2n) is 4.75. The number of hydrazine groups is 1. The average Bonchev–Trinajstić information content (AvgIpc) is 2.53. The van der Waals surface area contributed by atoms with Gasteiger partial charge in [0.1, 0.15) is 5.75 Å². The predicted molar refractivity (Wildman–Crippen MR) is 81.3 cm³/mol. The van der Waals surface area contributed by atoms with Crippen molar-refractivity contribution in [3.8, 4) is 5.75 Å². The van der Waals surface area contributed by atoms with Gasteiger partial charge in [-0.3, -0.25) is 25.4 Å². The number of para-hydroxylation sites is 1. The van der Waals surface area contributed by atoms with E-state index in [-0.39, 0.29) is 6.61 Å². The van der Waals surface area contributed by atoms with Crippen LogP contribution in [0.4, 0.5) is 0 Å². The number of hydrogen-bond donors (Lipinski definition) is 2. The number of aryl methyl sites for hydroxylation is 2. The molecule has 0 atom stereocenters. The lowest BCUT2D eigenvalue weighted by atomic mass is 10.1. The smallest absolute Gasteiger partial charge is 0.276 e. The quantitative estimate of drug-likeness (QED) is 0.839. The number of rotatable bonds is 4. The maximum Gasteiger partial charge on any atom is 0.276 e. The monoisotopic (exact) mass is 299 g/mol. The number of nitrogens with one attached hydrogen (secondary N) is 2. The van der Waals surface area contributed by atoms with Crippen molar-refractivity contribution in [2.75, 3.05) is 6.61 Å². The fourth-order valence-corrected chi connectivity index (χ4v) is 1.90. The van der Waals surface area contributed by atoms with Crippen molar-refractivity contribution in [1.29, 1.82) is 0 Å². The maximum atomic E-state index is 11.7. The van der Waals surface area contributed by atoms with Crippen LogP contribution in [0.25, 0.3) is 0 Å². The first-order valence-electron chi connectivity index (χ1n) is 6.76. The molecule has 0 spiro atoms. The first kappa shape index (κ1) is 15.5.